The summed E-state index contributed by atoms with van der Waals surface area (Å²) in [4.78, 5) is 4.48. The molecule has 4 heteroatoms. The van der Waals surface area contributed by atoms with Crippen LogP contribution in [0.3, 0.4) is 0 Å². The van der Waals surface area contributed by atoms with Gasteiger partial charge >= 0.3 is 0 Å². The van der Waals surface area contributed by atoms with Gasteiger partial charge in [0.05, 0.1) is 0 Å². The summed E-state index contributed by atoms with van der Waals surface area (Å²) in [5, 5.41) is 0. The van der Waals surface area contributed by atoms with Crippen molar-refractivity contribution < 1.29 is 8.78 Å². The van der Waals surface area contributed by atoms with Crippen LogP contribution in [0.15, 0.2) is 36.5 Å². The lowest BCUT2D eigenvalue weighted by Crippen LogP contribution is -2.33. The third-order valence-corrected chi connectivity index (χ3v) is 4.21. The van der Waals surface area contributed by atoms with Crippen molar-refractivity contribution in [1.82, 2.24) is 4.98 Å². The van der Waals surface area contributed by atoms with Crippen molar-refractivity contribution in [2.45, 2.75) is 37.6 Å². The highest BCUT2D eigenvalue weighted by Crippen LogP contribution is 2.32. The number of rotatable bonds is 3. The standard InChI is InChI=1S/C17H18F2N2/c18-14-7-6-11(9-15(14)19)10-16(20)13-5-1-3-12-4-2-8-21-17(12)13/h2,4,6-9,13,16H,1,3,5,10,20H2. The SMILES string of the molecule is NC(Cc1ccc(F)c(F)c1)C1CCCc2cccnc21. The lowest BCUT2D eigenvalue weighted by atomic mass is 9.80. The van der Waals surface area contributed by atoms with Crippen molar-refractivity contribution in [2.24, 2.45) is 5.73 Å². The van der Waals surface area contributed by atoms with E-state index in [1.807, 2.05) is 6.07 Å². The minimum atomic E-state index is -0.822. The zero-order chi connectivity index (χ0) is 14.8. The Labute approximate surface area is 123 Å². The van der Waals surface area contributed by atoms with E-state index in [1.54, 1.807) is 12.3 Å². The Hall–Kier alpha value is -1.81. The fourth-order valence-corrected chi connectivity index (χ4v) is 3.14. The number of hydrogen-bond donors (Lipinski definition) is 1. The van der Waals surface area contributed by atoms with Crippen molar-refractivity contribution in [2.75, 3.05) is 0 Å². The van der Waals surface area contributed by atoms with Gasteiger partial charge in [-0.25, -0.2) is 8.78 Å². The number of nitrogens with two attached hydrogens (primary N) is 1. The molecule has 0 saturated heterocycles. The quantitative estimate of drug-likeness (QED) is 0.940. The maximum atomic E-state index is 13.3. The van der Waals surface area contributed by atoms with E-state index in [0.717, 1.165) is 36.6 Å². The van der Waals surface area contributed by atoms with E-state index < -0.39 is 11.6 Å². The molecule has 3 rings (SSSR count). The molecule has 0 saturated carbocycles. The molecule has 0 radical (unpaired) electrons. The molecule has 2 unspecified atom stereocenters. The zero-order valence-corrected chi connectivity index (χ0v) is 11.7. The van der Waals surface area contributed by atoms with Crippen molar-refractivity contribution >= 4 is 0 Å². The number of nitrogens with zero attached hydrogens (tertiary/aromatic N) is 1. The Morgan fingerprint density at radius 3 is 2.90 bits per heavy atom. The van der Waals surface area contributed by atoms with Gasteiger partial charge in [0.2, 0.25) is 0 Å². The van der Waals surface area contributed by atoms with Gasteiger partial charge in [0, 0.05) is 23.9 Å². The van der Waals surface area contributed by atoms with Crippen LogP contribution in [-0.4, -0.2) is 11.0 Å². The molecular formula is C17H18F2N2. The molecule has 110 valence electrons. The first-order valence-electron chi connectivity index (χ1n) is 7.28. The molecule has 21 heavy (non-hydrogen) atoms. The molecular weight excluding hydrogens is 270 g/mol. The Bertz CT molecular complexity index is 642. The number of fused-ring (bicyclic) bond motifs is 1. The monoisotopic (exact) mass is 288 g/mol. The molecule has 1 aliphatic rings. The van der Waals surface area contributed by atoms with Gasteiger partial charge in [-0.3, -0.25) is 4.98 Å². The van der Waals surface area contributed by atoms with E-state index in [0.29, 0.717) is 6.42 Å². The topological polar surface area (TPSA) is 38.9 Å². The van der Waals surface area contributed by atoms with Gasteiger partial charge in [0.1, 0.15) is 0 Å². The predicted molar refractivity (Wildman–Crippen MR) is 78.0 cm³/mol. The van der Waals surface area contributed by atoms with Crippen LogP contribution in [0.2, 0.25) is 0 Å². The number of halogens is 2. The van der Waals surface area contributed by atoms with Crippen LogP contribution < -0.4 is 5.73 Å². The molecule has 2 N–H and O–H groups in total. The summed E-state index contributed by atoms with van der Waals surface area (Å²) in [6, 6.07) is 7.90. The van der Waals surface area contributed by atoms with Gasteiger partial charge in [-0.2, -0.15) is 0 Å². The van der Waals surface area contributed by atoms with Crippen molar-refractivity contribution in [3.63, 3.8) is 0 Å². The normalized spacial score (nSPS) is 19.1. The van der Waals surface area contributed by atoms with E-state index in [1.165, 1.54) is 11.6 Å². The second kappa shape index (κ2) is 5.90. The molecule has 1 aliphatic carbocycles. The fraction of sp³-hybridized carbons (Fsp3) is 0.353. The van der Waals surface area contributed by atoms with Crippen molar-refractivity contribution in [3.8, 4) is 0 Å². The summed E-state index contributed by atoms with van der Waals surface area (Å²) in [6.07, 6.45) is 5.45. The molecule has 0 fully saturated rings. The Balaban J connectivity index is 1.80. The number of benzene rings is 1. The summed E-state index contributed by atoms with van der Waals surface area (Å²) in [5.41, 5.74) is 9.38. The molecule has 1 aromatic carbocycles. The van der Waals surface area contributed by atoms with Gasteiger partial charge < -0.3 is 5.73 Å². The number of aromatic nitrogens is 1. The minimum Gasteiger partial charge on any atom is -0.327 e. The van der Waals surface area contributed by atoms with Crippen molar-refractivity contribution in [1.29, 1.82) is 0 Å². The Morgan fingerprint density at radius 2 is 2.10 bits per heavy atom. The fourth-order valence-electron chi connectivity index (χ4n) is 3.14. The van der Waals surface area contributed by atoms with Gasteiger partial charge in [-0.05, 0) is 55.0 Å². The first-order chi connectivity index (χ1) is 10.1. The summed E-state index contributed by atoms with van der Waals surface area (Å²) < 4.78 is 26.3. The molecule has 1 heterocycles. The summed E-state index contributed by atoms with van der Waals surface area (Å²) in [6.45, 7) is 0. The molecule has 1 aromatic heterocycles. The smallest absolute Gasteiger partial charge is 0.159 e. The van der Waals surface area contributed by atoms with Crippen LogP contribution in [0.4, 0.5) is 8.78 Å². The lowest BCUT2D eigenvalue weighted by molar-refractivity contribution is 0.447. The third-order valence-electron chi connectivity index (χ3n) is 4.21. The van der Waals surface area contributed by atoms with Crippen LogP contribution >= 0.6 is 0 Å². The Morgan fingerprint density at radius 1 is 1.24 bits per heavy atom. The average molecular weight is 288 g/mol. The number of hydrogen-bond acceptors (Lipinski definition) is 2. The van der Waals surface area contributed by atoms with Crippen LogP contribution in [-0.2, 0) is 12.8 Å². The van der Waals surface area contributed by atoms with Crippen molar-refractivity contribution in [3.05, 3.63) is 65.0 Å². The average Bonchev–Trinajstić information content (AvgIpc) is 2.50. The highest BCUT2D eigenvalue weighted by molar-refractivity contribution is 5.28. The van der Waals surface area contributed by atoms with Gasteiger partial charge in [0.15, 0.2) is 11.6 Å². The maximum absolute atomic E-state index is 13.3. The largest absolute Gasteiger partial charge is 0.327 e. The van der Waals surface area contributed by atoms with E-state index in [2.05, 4.69) is 11.1 Å². The summed E-state index contributed by atoms with van der Waals surface area (Å²) >= 11 is 0. The highest BCUT2D eigenvalue weighted by atomic mass is 19.2. The maximum Gasteiger partial charge on any atom is 0.159 e. The van der Waals surface area contributed by atoms with Crippen LogP contribution in [0, 0.1) is 11.6 Å². The van der Waals surface area contributed by atoms with E-state index in [4.69, 9.17) is 5.73 Å². The molecule has 2 nitrogen and oxygen atoms in total. The zero-order valence-electron chi connectivity index (χ0n) is 11.7. The van der Waals surface area contributed by atoms with E-state index >= 15 is 0 Å². The highest BCUT2D eigenvalue weighted by Gasteiger charge is 2.26. The second-order valence-corrected chi connectivity index (χ2v) is 5.66. The third kappa shape index (κ3) is 2.95. The molecule has 0 bridgehead atoms. The summed E-state index contributed by atoms with van der Waals surface area (Å²) in [7, 11) is 0. The number of pyridine rings is 1. The van der Waals surface area contributed by atoms with Gasteiger partial charge in [0.25, 0.3) is 0 Å². The molecule has 0 amide bonds. The van der Waals surface area contributed by atoms with E-state index in [-0.39, 0.29) is 12.0 Å². The van der Waals surface area contributed by atoms with Crippen LogP contribution in [0.1, 0.15) is 35.6 Å². The Kier molecular flexibility index (Phi) is 3.97. The predicted octanol–water partition coefficient (Wildman–Crippen LogP) is 3.35. The van der Waals surface area contributed by atoms with Crippen LogP contribution in [0.5, 0.6) is 0 Å². The molecule has 0 aliphatic heterocycles. The second-order valence-electron chi connectivity index (χ2n) is 5.66. The van der Waals surface area contributed by atoms with Gasteiger partial charge in [-0.15, -0.1) is 0 Å². The lowest BCUT2D eigenvalue weighted by Gasteiger charge is -2.29. The molecule has 2 aromatic rings. The number of aryl methyl sites for hydroxylation is 1. The van der Waals surface area contributed by atoms with Gasteiger partial charge in [-0.1, -0.05) is 12.1 Å². The molecule has 2 atom stereocenters. The molecule has 0 spiro atoms. The summed E-state index contributed by atoms with van der Waals surface area (Å²) in [5.74, 6) is -1.46. The van der Waals surface area contributed by atoms with Crippen LogP contribution in [0.25, 0.3) is 0 Å². The first kappa shape index (κ1) is 14.1. The first-order valence-corrected chi connectivity index (χ1v) is 7.28. The van der Waals surface area contributed by atoms with E-state index in [9.17, 15) is 8.78 Å². The minimum absolute atomic E-state index is 0.135.